The molecule has 0 saturated heterocycles. The van der Waals surface area contributed by atoms with Crippen LogP contribution in [0.1, 0.15) is 5.56 Å². The van der Waals surface area contributed by atoms with Gasteiger partial charge in [0.2, 0.25) is 5.95 Å². The summed E-state index contributed by atoms with van der Waals surface area (Å²) < 4.78 is 5.44. The van der Waals surface area contributed by atoms with E-state index >= 15 is 0 Å². The molecule has 142 valence electrons. The monoisotopic (exact) mass is 377 g/mol. The van der Waals surface area contributed by atoms with Crippen molar-refractivity contribution in [3.8, 4) is 5.75 Å². The number of ether oxygens (including phenoxy) is 1. The molecule has 4 aromatic rings. The van der Waals surface area contributed by atoms with Gasteiger partial charge in [-0.05, 0) is 30.7 Å². The zero-order valence-corrected chi connectivity index (χ0v) is 15.5. The Hall–Kier alpha value is -3.75. The molecule has 9 heteroatoms. The van der Waals surface area contributed by atoms with Gasteiger partial charge < -0.3 is 15.4 Å². The lowest BCUT2D eigenvalue weighted by Gasteiger charge is -2.12. The summed E-state index contributed by atoms with van der Waals surface area (Å²) in [6.45, 7) is 2.68. The largest absolute Gasteiger partial charge is 0.496 e. The number of fused-ring (bicyclic) bond motifs is 2. The van der Waals surface area contributed by atoms with Crippen molar-refractivity contribution in [2.24, 2.45) is 5.18 Å². The van der Waals surface area contributed by atoms with Crippen LogP contribution in [0.5, 0.6) is 5.75 Å². The zero-order valence-electron chi connectivity index (χ0n) is 15.5. The van der Waals surface area contributed by atoms with E-state index in [9.17, 15) is 4.91 Å². The van der Waals surface area contributed by atoms with Crippen molar-refractivity contribution in [1.82, 2.24) is 20.2 Å². The molecule has 0 atom stereocenters. The molecule has 0 aliphatic carbocycles. The molecule has 0 radical (unpaired) electrons. The molecular weight excluding hydrogens is 358 g/mol. The van der Waals surface area contributed by atoms with Crippen LogP contribution >= 0.6 is 0 Å². The summed E-state index contributed by atoms with van der Waals surface area (Å²) in [4.78, 5) is 19.4. The van der Waals surface area contributed by atoms with E-state index in [-0.39, 0.29) is 6.54 Å². The number of H-pyrrole nitrogens is 1. The van der Waals surface area contributed by atoms with Crippen molar-refractivity contribution in [3.05, 3.63) is 47.1 Å². The van der Waals surface area contributed by atoms with Gasteiger partial charge in [0.05, 0.1) is 36.3 Å². The Labute approximate surface area is 160 Å². The number of nitrogens with zero attached hydrogens (tertiary/aromatic N) is 4. The van der Waals surface area contributed by atoms with Crippen LogP contribution < -0.4 is 15.4 Å². The standard InChI is InChI=1S/C19H19N7O2/c1-11-15(20-5-6-23-27)4-3-12-9-21-19(25-18(11)12)24-13-7-16-14(10-22-26-16)17(8-13)28-2/h3-4,7-10,20H,5-6H2,1-2H3,(H,22,26)(H,21,24,25). The summed E-state index contributed by atoms with van der Waals surface area (Å²) in [5.41, 5.74) is 4.37. The average molecular weight is 377 g/mol. The number of hydrogen-bond acceptors (Lipinski definition) is 8. The third kappa shape index (κ3) is 3.29. The molecule has 0 unspecified atom stereocenters. The maximum Gasteiger partial charge on any atom is 0.227 e. The van der Waals surface area contributed by atoms with Gasteiger partial charge in [0.1, 0.15) is 5.75 Å². The molecule has 9 nitrogen and oxygen atoms in total. The van der Waals surface area contributed by atoms with Crippen LogP contribution in [-0.4, -0.2) is 40.4 Å². The van der Waals surface area contributed by atoms with Gasteiger partial charge in [-0.3, -0.25) is 5.10 Å². The predicted octanol–water partition coefficient (Wildman–Crippen LogP) is 3.75. The van der Waals surface area contributed by atoms with Gasteiger partial charge in [-0.15, -0.1) is 0 Å². The number of anilines is 3. The fraction of sp³-hybridized carbons (Fsp3) is 0.211. The van der Waals surface area contributed by atoms with Crippen molar-refractivity contribution < 1.29 is 4.74 Å². The molecule has 0 saturated carbocycles. The van der Waals surface area contributed by atoms with E-state index in [1.165, 1.54) is 0 Å². The molecule has 0 amide bonds. The van der Waals surface area contributed by atoms with E-state index < -0.39 is 0 Å². The summed E-state index contributed by atoms with van der Waals surface area (Å²) in [5, 5.41) is 18.1. The van der Waals surface area contributed by atoms with E-state index in [0.29, 0.717) is 18.2 Å². The Kier molecular flexibility index (Phi) is 4.71. The Morgan fingerprint density at radius 2 is 2.14 bits per heavy atom. The maximum absolute atomic E-state index is 10.3. The van der Waals surface area contributed by atoms with Crippen LogP contribution in [0.15, 0.2) is 41.8 Å². The number of nitroso groups, excluding NO2 is 1. The van der Waals surface area contributed by atoms with E-state index in [0.717, 1.165) is 38.7 Å². The van der Waals surface area contributed by atoms with Gasteiger partial charge in [-0.25, -0.2) is 9.97 Å². The lowest BCUT2D eigenvalue weighted by molar-refractivity contribution is 0.420. The number of nitrogens with one attached hydrogen (secondary N) is 3. The third-order valence-electron chi connectivity index (χ3n) is 4.52. The van der Waals surface area contributed by atoms with Gasteiger partial charge in [-0.2, -0.15) is 10.0 Å². The van der Waals surface area contributed by atoms with Gasteiger partial charge in [0.15, 0.2) is 0 Å². The Bertz CT molecular complexity index is 1160. The molecule has 0 fully saturated rings. The predicted molar refractivity (Wildman–Crippen MR) is 109 cm³/mol. The van der Waals surface area contributed by atoms with E-state index in [1.54, 1.807) is 19.5 Å². The molecule has 28 heavy (non-hydrogen) atoms. The summed E-state index contributed by atoms with van der Waals surface area (Å²) in [6, 6.07) is 7.71. The van der Waals surface area contributed by atoms with Crippen molar-refractivity contribution >= 4 is 39.1 Å². The SMILES string of the molecule is COc1cc(Nc2ncc3ccc(NCCN=O)c(C)c3n2)cc2[nH]ncc12. The van der Waals surface area contributed by atoms with Gasteiger partial charge >= 0.3 is 0 Å². The quantitative estimate of drug-likeness (QED) is 0.332. The topological polar surface area (TPSA) is 117 Å². The highest BCUT2D eigenvalue weighted by molar-refractivity contribution is 5.90. The van der Waals surface area contributed by atoms with Gasteiger partial charge in [0, 0.05) is 35.6 Å². The van der Waals surface area contributed by atoms with Crippen LogP contribution in [0.25, 0.3) is 21.8 Å². The van der Waals surface area contributed by atoms with Crippen LogP contribution in [0.2, 0.25) is 0 Å². The minimum atomic E-state index is 0.214. The minimum Gasteiger partial charge on any atom is -0.496 e. The van der Waals surface area contributed by atoms with Gasteiger partial charge in [-0.1, -0.05) is 5.18 Å². The number of rotatable bonds is 7. The summed E-state index contributed by atoms with van der Waals surface area (Å²) in [6.07, 6.45) is 3.50. The molecule has 2 aromatic carbocycles. The fourth-order valence-corrected chi connectivity index (χ4v) is 3.12. The molecule has 0 aliphatic heterocycles. The first-order chi connectivity index (χ1) is 13.7. The number of hydrogen-bond donors (Lipinski definition) is 3. The van der Waals surface area contributed by atoms with E-state index in [4.69, 9.17) is 4.74 Å². The van der Waals surface area contributed by atoms with Crippen molar-refractivity contribution in [3.63, 3.8) is 0 Å². The lowest BCUT2D eigenvalue weighted by atomic mass is 10.1. The number of aryl methyl sites for hydroxylation is 1. The molecule has 2 aromatic heterocycles. The van der Waals surface area contributed by atoms with E-state index in [1.807, 2.05) is 31.2 Å². The normalized spacial score (nSPS) is 10.9. The zero-order chi connectivity index (χ0) is 19.5. The smallest absolute Gasteiger partial charge is 0.227 e. The second-order valence-corrected chi connectivity index (χ2v) is 6.28. The van der Waals surface area contributed by atoms with Crippen LogP contribution in [0.4, 0.5) is 17.3 Å². The fourth-order valence-electron chi connectivity index (χ4n) is 3.12. The minimum absolute atomic E-state index is 0.214. The highest BCUT2D eigenvalue weighted by atomic mass is 16.5. The molecule has 4 rings (SSSR count). The molecule has 2 heterocycles. The Balaban J connectivity index is 1.67. The molecule has 0 bridgehead atoms. The molecule has 0 spiro atoms. The van der Waals surface area contributed by atoms with Crippen molar-refractivity contribution in [2.75, 3.05) is 30.8 Å². The molecule has 3 N–H and O–H groups in total. The Morgan fingerprint density at radius 1 is 1.25 bits per heavy atom. The Morgan fingerprint density at radius 3 is 2.96 bits per heavy atom. The number of benzene rings is 2. The highest BCUT2D eigenvalue weighted by Gasteiger charge is 2.10. The first-order valence-corrected chi connectivity index (χ1v) is 8.77. The maximum atomic E-state index is 10.3. The summed E-state index contributed by atoms with van der Waals surface area (Å²) >= 11 is 0. The van der Waals surface area contributed by atoms with Crippen molar-refractivity contribution in [2.45, 2.75) is 6.92 Å². The van der Waals surface area contributed by atoms with Gasteiger partial charge in [0.25, 0.3) is 0 Å². The van der Waals surface area contributed by atoms with Crippen LogP contribution in [0, 0.1) is 11.8 Å². The number of methoxy groups -OCH3 is 1. The van der Waals surface area contributed by atoms with E-state index in [2.05, 4.69) is 36.0 Å². The number of aromatic nitrogens is 4. The summed E-state index contributed by atoms with van der Waals surface area (Å²) in [5.74, 6) is 1.18. The third-order valence-corrected chi connectivity index (χ3v) is 4.52. The number of aromatic amines is 1. The van der Waals surface area contributed by atoms with Crippen LogP contribution in [0.3, 0.4) is 0 Å². The second-order valence-electron chi connectivity index (χ2n) is 6.28. The summed E-state index contributed by atoms with van der Waals surface area (Å²) in [7, 11) is 1.62. The van der Waals surface area contributed by atoms with Crippen LogP contribution in [-0.2, 0) is 0 Å². The molecular formula is C19H19N7O2. The first kappa shape index (κ1) is 17.7. The molecule has 0 aliphatic rings. The van der Waals surface area contributed by atoms with Crippen molar-refractivity contribution in [1.29, 1.82) is 0 Å². The lowest BCUT2D eigenvalue weighted by Crippen LogP contribution is -2.06. The second kappa shape index (κ2) is 7.47. The first-order valence-electron chi connectivity index (χ1n) is 8.77. The highest BCUT2D eigenvalue weighted by Crippen LogP contribution is 2.30. The average Bonchev–Trinajstić information content (AvgIpc) is 3.18.